The van der Waals surface area contributed by atoms with Gasteiger partial charge in [0.1, 0.15) is 6.33 Å². The number of carbonyl (C=O) groups is 1. The first-order valence-corrected chi connectivity index (χ1v) is 5.88. The van der Waals surface area contributed by atoms with Crippen molar-refractivity contribution < 1.29 is 13.9 Å². The van der Waals surface area contributed by atoms with E-state index in [1.165, 1.54) is 23.4 Å². The van der Waals surface area contributed by atoms with Crippen molar-refractivity contribution in [3.63, 3.8) is 0 Å². The molecular weight excluding hydrogens is 251 g/mol. The molecule has 0 bridgehead atoms. The van der Waals surface area contributed by atoms with Crippen molar-refractivity contribution in [1.82, 2.24) is 19.7 Å². The lowest BCUT2D eigenvalue weighted by atomic mass is 10.3. The van der Waals surface area contributed by atoms with E-state index in [4.69, 9.17) is 4.74 Å². The van der Waals surface area contributed by atoms with Crippen LogP contribution in [0.15, 0.2) is 18.7 Å². The van der Waals surface area contributed by atoms with Crippen LogP contribution in [0.5, 0.6) is 0 Å². The van der Waals surface area contributed by atoms with Gasteiger partial charge in [-0.2, -0.15) is 5.10 Å². The van der Waals surface area contributed by atoms with Gasteiger partial charge < -0.3 is 4.74 Å². The molecular formula is C12H13FN4O2. The quantitative estimate of drug-likeness (QED) is 0.783. The molecule has 19 heavy (non-hydrogen) atoms. The summed E-state index contributed by atoms with van der Waals surface area (Å²) in [5, 5.41) is 3.91. The summed E-state index contributed by atoms with van der Waals surface area (Å²) in [4.78, 5) is 19.2. The summed E-state index contributed by atoms with van der Waals surface area (Å²) < 4.78 is 20.0. The van der Waals surface area contributed by atoms with E-state index in [0.717, 1.165) is 0 Å². The lowest BCUT2D eigenvalue weighted by Gasteiger charge is -2.04. The highest BCUT2D eigenvalue weighted by Crippen LogP contribution is 2.13. The van der Waals surface area contributed by atoms with Crippen LogP contribution in [0, 0.1) is 5.82 Å². The van der Waals surface area contributed by atoms with Crippen molar-refractivity contribution in [2.45, 2.75) is 20.3 Å². The Labute approximate surface area is 109 Å². The molecule has 0 saturated carbocycles. The monoisotopic (exact) mass is 264 g/mol. The molecule has 7 heteroatoms. The van der Waals surface area contributed by atoms with Gasteiger partial charge in [0.15, 0.2) is 11.6 Å². The van der Waals surface area contributed by atoms with Crippen LogP contribution < -0.4 is 0 Å². The molecule has 0 aromatic carbocycles. The Hall–Kier alpha value is -2.31. The highest BCUT2D eigenvalue weighted by molar-refractivity contribution is 5.88. The van der Waals surface area contributed by atoms with Crippen LogP contribution in [0.4, 0.5) is 4.39 Å². The van der Waals surface area contributed by atoms with E-state index in [1.54, 1.807) is 13.8 Å². The SMILES string of the molecule is CCOC(=O)c1cnn(-c2ncnc(CC)c2F)c1. The molecule has 0 amide bonds. The van der Waals surface area contributed by atoms with Gasteiger partial charge in [0, 0.05) is 6.20 Å². The number of aryl methyl sites for hydroxylation is 1. The van der Waals surface area contributed by atoms with E-state index >= 15 is 0 Å². The Bertz CT molecular complexity index is 597. The van der Waals surface area contributed by atoms with Crippen molar-refractivity contribution >= 4 is 5.97 Å². The van der Waals surface area contributed by atoms with E-state index in [0.29, 0.717) is 12.1 Å². The van der Waals surface area contributed by atoms with E-state index in [1.807, 2.05) is 0 Å². The average Bonchev–Trinajstić information content (AvgIpc) is 2.89. The zero-order valence-electron chi connectivity index (χ0n) is 10.6. The number of hydrogen-bond donors (Lipinski definition) is 0. The van der Waals surface area contributed by atoms with E-state index in [2.05, 4.69) is 15.1 Å². The van der Waals surface area contributed by atoms with Crippen molar-refractivity contribution in [2.24, 2.45) is 0 Å². The molecule has 0 fully saturated rings. The van der Waals surface area contributed by atoms with Crippen molar-refractivity contribution in [2.75, 3.05) is 6.61 Å². The molecule has 0 radical (unpaired) electrons. The molecule has 2 heterocycles. The summed E-state index contributed by atoms with van der Waals surface area (Å²) in [6.45, 7) is 3.77. The summed E-state index contributed by atoms with van der Waals surface area (Å²) >= 11 is 0. The van der Waals surface area contributed by atoms with E-state index in [9.17, 15) is 9.18 Å². The Morgan fingerprint density at radius 1 is 1.42 bits per heavy atom. The van der Waals surface area contributed by atoms with Crippen LogP contribution in [0.1, 0.15) is 29.9 Å². The highest BCUT2D eigenvalue weighted by atomic mass is 19.1. The van der Waals surface area contributed by atoms with E-state index in [-0.39, 0.29) is 18.0 Å². The molecule has 2 rings (SSSR count). The molecule has 100 valence electrons. The first-order chi connectivity index (χ1) is 9.17. The van der Waals surface area contributed by atoms with Crippen molar-refractivity contribution in [3.8, 4) is 5.82 Å². The fraction of sp³-hybridized carbons (Fsp3) is 0.333. The summed E-state index contributed by atoms with van der Waals surface area (Å²) in [7, 11) is 0. The van der Waals surface area contributed by atoms with Gasteiger partial charge in [0.2, 0.25) is 0 Å². The maximum Gasteiger partial charge on any atom is 0.341 e. The Morgan fingerprint density at radius 3 is 2.89 bits per heavy atom. The van der Waals surface area contributed by atoms with Gasteiger partial charge in [0.25, 0.3) is 0 Å². The van der Waals surface area contributed by atoms with Crippen molar-refractivity contribution in [1.29, 1.82) is 0 Å². The topological polar surface area (TPSA) is 69.9 Å². The van der Waals surface area contributed by atoms with Gasteiger partial charge in [0.05, 0.1) is 24.1 Å². The van der Waals surface area contributed by atoms with Crippen LogP contribution in [-0.2, 0) is 11.2 Å². The second-order valence-corrected chi connectivity index (χ2v) is 3.71. The number of esters is 1. The number of aromatic nitrogens is 4. The summed E-state index contributed by atoms with van der Waals surface area (Å²) in [5.41, 5.74) is 0.552. The van der Waals surface area contributed by atoms with Crippen LogP contribution in [-0.4, -0.2) is 32.3 Å². The van der Waals surface area contributed by atoms with Gasteiger partial charge in [-0.1, -0.05) is 6.92 Å². The standard InChI is InChI=1S/C12H13FN4O2/c1-3-9-10(13)11(15-7-14-9)17-6-8(5-16-17)12(18)19-4-2/h5-7H,3-4H2,1-2H3. The lowest BCUT2D eigenvalue weighted by Crippen LogP contribution is -2.07. The second-order valence-electron chi connectivity index (χ2n) is 3.71. The fourth-order valence-electron chi connectivity index (χ4n) is 1.56. The first kappa shape index (κ1) is 13.1. The first-order valence-electron chi connectivity index (χ1n) is 5.88. The predicted octanol–water partition coefficient (Wildman–Crippen LogP) is 1.54. The molecule has 0 N–H and O–H groups in total. The fourth-order valence-corrected chi connectivity index (χ4v) is 1.56. The number of ether oxygens (including phenoxy) is 1. The van der Waals surface area contributed by atoms with Crippen molar-refractivity contribution in [3.05, 3.63) is 35.8 Å². The zero-order chi connectivity index (χ0) is 13.8. The minimum atomic E-state index is -0.538. The third-order valence-electron chi connectivity index (χ3n) is 2.49. The third-order valence-corrected chi connectivity index (χ3v) is 2.49. The lowest BCUT2D eigenvalue weighted by molar-refractivity contribution is 0.0526. The molecule has 0 aliphatic carbocycles. The largest absolute Gasteiger partial charge is 0.462 e. The number of rotatable bonds is 4. The minimum absolute atomic E-state index is 0.0161. The Morgan fingerprint density at radius 2 is 2.21 bits per heavy atom. The molecule has 0 saturated heterocycles. The van der Waals surface area contributed by atoms with Gasteiger partial charge in [-0.05, 0) is 13.3 Å². The van der Waals surface area contributed by atoms with Crippen LogP contribution >= 0.6 is 0 Å². The summed E-state index contributed by atoms with van der Waals surface area (Å²) in [6.07, 6.45) is 4.41. The van der Waals surface area contributed by atoms with E-state index < -0.39 is 11.8 Å². The average molecular weight is 264 g/mol. The maximum absolute atomic E-state index is 14.0. The smallest absolute Gasteiger partial charge is 0.341 e. The van der Waals surface area contributed by atoms with Gasteiger partial charge in [-0.25, -0.2) is 23.8 Å². The molecule has 2 aromatic heterocycles. The maximum atomic E-state index is 14.0. The second kappa shape index (κ2) is 5.55. The number of hydrogen-bond acceptors (Lipinski definition) is 5. The molecule has 0 unspecified atom stereocenters. The van der Waals surface area contributed by atoms with Crippen LogP contribution in [0.2, 0.25) is 0 Å². The minimum Gasteiger partial charge on any atom is -0.462 e. The molecule has 0 atom stereocenters. The normalized spacial score (nSPS) is 10.5. The molecule has 0 spiro atoms. The molecule has 6 nitrogen and oxygen atoms in total. The Balaban J connectivity index is 2.35. The molecule has 0 aliphatic rings. The predicted molar refractivity (Wildman–Crippen MR) is 64.4 cm³/mol. The van der Waals surface area contributed by atoms with Crippen LogP contribution in [0.25, 0.3) is 5.82 Å². The summed E-state index contributed by atoms with van der Waals surface area (Å²) in [6, 6.07) is 0. The number of carbonyl (C=O) groups excluding carboxylic acids is 1. The summed E-state index contributed by atoms with van der Waals surface area (Å²) in [5.74, 6) is -1.02. The number of nitrogens with zero attached hydrogens (tertiary/aromatic N) is 4. The van der Waals surface area contributed by atoms with Crippen LogP contribution in [0.3, 0.4) is 0 Å². The highest BCUT2D eigenvalue weighted by Gasteiger charge is 2.15. The number of halogens is 1. The van der Waals surface area contributed by atoms with Gasteiger partial charge in [-0.3, -0.25) is 0 Å². The Kier molecular flexibility index (Phi) is 3.84. The molecule has 0 aliphatic heterocycles. The third kappa shape index (κ3) is 2.59. The van der Waals surface area contributed by atoms with Gasteiger partial charge >= 0.3 is 5.97 Å². The zero-order valence-corrected chi connectivity index (χ0v) is 10.6. The molecule has 2 aromatic rings. The van der Waals surface area contributed by atoms with Gasteiger partial charge in [-0.15, -0.1) is 0 Å².